The van der Waals surface area contributed by atoms with Crippen molar-refractivity contribution in [3.8, 4) is 5.75 Å². The molecule has 4 heterocycles. The van der Waals surface area contributed by atoms with E-state index in [9.17, 15) is 19.2 Å². The fourth-order valence-electron chi connectivity index (χ4n) is 6.94. The summed E-state index contributed by atoms with van der Waals surface area (Å²) >= 11 is 0. The first-order valence-corrected chi connectivity index (χ1v) is 16.2. The van der Waals surface area contributed by atoms with Crippen molar-refractivity contribution in [2.45, 2.75) is 83.5 Å². The number of hydrogen-bond donors (Lipinski definition) is 4. The summed E-state index contributed by atoms with van der Waals surface area (Å²) in [6.45, 7) is 6.94. The minimum absolute atomic E-state index is 0.0926. The molecule has 4 amide bonds. The van der Waals surface area contributed by atoms with Crippen LogP contribution in [0.3, 0.4) is 0 Å². The molecule has 238 valence electrons. The molecular weight excluding hydrogens is 570 g/mol. The summed E-state index contributed by atoms with van der Waals surface area (Å²) in [7, 11) is 0. The van der Waals surface area contributed by atoms with Gasteiger partial charge < -0.3 is 30.6 Å². The lowest BCUT2D eigenvalue weighted by Crippen LogP contribution is -2.55. The van der Waals surface area contributed by atoms with E-state index in [-0.39, 0.29) is 60.9 Å². The number of para-hydroxylation sites is 1. The Bertz CT molecular complexity index is 1600. The van der Waals surface area contributed by atoms with Crippen molar-refractivity contribution >= 4 is 34.5 Å². The molecule has 10 nitrogen and oxygen atoms in total. The number of amides is 4. The first kappa shape index (κ1) is 30.7. The minimum Gasteiger partial charge on any atom is -0.493 e. The summed E-state index contributed by atoms with van der Waals surface area (Å²) in [6.07, 6.45) is 4.99. The summed E-state index contributed by atoms with van der Waals surface area (Å²) in [5.74, 6) is 0.0893. The Morgan fingerprint density at radius 2 is 1.91 bits per heavy atom. The Morgan fingerprint density at radius 3 is 2.73 bits per heavy atom. The summed E-state index contributed by atoms with van der Waals surface area (Å²) in [6, 6.07) is 11.1. The van der Waals surface area contributed by atoms with Gasteiger partial charge in [0.1, 0.15) is 17.8 Å². The molecule has 0 aliphatic carbocycles. The number of carbonyl (C=O) groups excluding carboxylic acids is 4. The molecule has 0 unspecified atom stereocenters. The van der Waals surface area contributed by atoms with Crippen molar-refractivity contribution in [2.24, 2.45) is 11.8 Å². The van der Waals surface area contributed by atoms with E-state index >= 15 is 0 Å². The van der Waals surface area contributed by atoms with Crippen molar-refractivity contribution in [2.75, 3.05) is 13.2 Å². The molecule has 2 aromatic carbocycles. The number of nitrogens with one attached hydrogen (secondary N) is 4. The maximum atomic E-state index is 14.4. The van der Waals surface area contributed by atoms with Crippen LogP contribution in [0.15, 0.2) is 48.7 Å². The Balaban J connectivity index is 1.28. The lowest BCUT2D eigenvalue weighted by atomic mass is 9.92. The number of rotatable bonds is 5. The van der Waals surface area contributed by atoms with E-state index < -0.39 is 18.1 Å². The molecule has 2 saturated heterocycles. The number of fused-ring (bicyclic) bond motifs is 3. The second-order valence-electron chi connectivity index (χ2n) is 13.3. The molecular formula is C35H43N5O5. The van der Waals surface area contributed by atoms with Gasteiger partial charge in [-0.05, 0) is 66.5 Å². The lowest BCUT2D eigenvalue weighted by molar-refractivity contribution is -0.141. The predicted molar refractivity (Wildman–Crippen MR) is 171 cm³/mol. The Hall–Kier alpha value is -4.34. The van der Waals surface area contributed by atoms with E-state index in [1.165, 1.54) is 0 Å². The van der Waals surface area contributed by atoms with Crippen LogP contribution in [0.1, 0.15) is 67.9 Å². The second-order valence-corrected chi connectivity index (χ2v) is 13.3. The fraction of sp³-hybridized carbons (Fsp3) is 0.486. The first-order chi connectivity index (χ1) is 21.7. The SMILES string of the molecule is CC(C)[C@@H]1CC[C@@H](C)CC(=O)N[C@H](Cc2c[nH]c3ccccc23)C(=O)N2C[C@H](NC(=O)c3ccc4c(c3)CCO4)C[C@H]2C(=O)N1. The van der Waals surface area contributed by atoms with Crippen molar-refractivity contribution in [1.82, 2.24) is 25.8 Å². The quantitative estimate of drug-likeness (QED) is 0.350. The standard InChI is InChI=1S/C35H43N5O5/c1-20(2)27-10-8-21(3)14-32(41)38-29(16-24-18-36-28-7-5-4-6-26(24)28)35(44)40-19-25(17-30(40)34(43)39-27)37-33(42)23-9-11-31-22(15-23)12-13-45-31/h4-7,9,11,15,18,20-21,25,27,29-30,36H,8,10,12-14,16-17,19H2,1-3H3,(H,37,42)(H,38,41)(H,39,43)/t21-,25-,27+,29-,30+/m1/s1. The number of aromatic nitrogens is 1. The number of benzene rings is 2. The second kappa shape index (κ2) is 12.9. The number of H-pyrrole nitrogens is 1. The van der Waals surface area contributed by atoms with Crippen LogP contribution in [0.5, 0.6) is 5.75 Å². The molecule has 10 heteroatoms. The molecule has 5 atom stereocenters. The third-order valence-electron chi connectivity index (χ3n) is 9.54. The number of aromatic amines is 1. The van der Waals surface area contributed by atoms with Gasteiger partial charge in [0.15, 0.2) is 0 Å². The molecule has 2 fully saturated rings. The van der Waals surface area contributed by atoms with Crippen LogP contribution in [-0.2, 0) is 27.2 Å². The summed E-state index contributed by atoms with van der Waals surface area (Å²) in [4.78, 5) is 59.8. The molecule has 45 heavy (non-hydrogen) atoms. The lowest BCUT2D eigenvalue weighted by Gasteiger charge is -2.30. The van der Waals surface area contributed by atoms with Crippen LogP contribution in [0.25, 0.3) is 10.9 Å². The molecule has 3 aliphatic rings. The fourth-order valence-corrected chi connectivity index (χ4v) is 6.94. The van der Waals surface area contributed by atoms with Gasteiger partial charge in [-0.15, -0.1) is 0 Å². The number of ether oxygens (including phenoxy) is 1. The first-order valence-electron chi connectivity index (χ1n) is 16.2. The summed E-state index contributed by atoms with van der Waals surface area (Å²) in [5.41, 5.74) is 3.37. The van der Waals surface area contributed by atoms with Gasteiger partial charge in [-0.2, -0.15) is 0 Å². The van der Waals surface area contributed by atoms with E-state index in [2.05, 4.69) is 34.8 Å². The number of hydrogen-bond acceptors (Lipinski definition) is 5. The van der Waals surface area contributed by atoms with Gasteiger partial charge in [-0.25, -0.2) is 0 Å². The predicted octanol–water partition coefficient (Wildman–Crippen LogP) is 3.49. The average molecular weight is 614 g/mol. The molecule has 1 aromatic heterocycles. The third-order valence-corrected chi connectivity index (χ3v) is 9.54. The Morgan fingerprint density at radius 1 is 1.09 bits per heavy atom. The molecule has 6 rings (SSSR count). The normalized spacial score (nSPS) is 25.8. The molecule has 0 radical (unpaired) electrons. The van der Waals surface area contributed by atoms with Crippen LogP contribution >= 0.6 is 0 Å². The number of nitrogens with zero attached hydrogens (tertiary/aromatic N) is 1. The van der Waals surface area contributed by atoms with E-state index in [4.69, 9.17) is 4.74 Å². The molecule has 0 saturated carbocycles. The molecule has 0 spiro atoms. The highest BCUT2D eigenvalue weighted by molar-refractivity contribution is 5.96. The Labute approximate surface area is 263 Å². The van der Waals surface area contributed by atoms with Gasteiger partial charge in [0.25, 0.3) is 5.91 Å². The van der Waals surface area contributed by atoms with Crippen LogP contribution in [0, 0.1) is 11.8 Å². The van der Waals surface area contributed by atoms with E-state index in [1.54, 1.807) is 11.0 Å². The molecule has 0 bridgehead atoms. The van der Waals surface area contributed by atoms with E-state index in [1.807, 2.05) is 49.5 Å². The van der Waals surface area contributed by atoms with Gasteiger partial charge in [-0.1, -0.05) is 39.0 Å². The highest BCUT2D eigenvalue weighted by Crippen LogP contribution is 2.28. The zero-order chi connectivity index (χ0) is 31.7. The largest absolute Gasteiger partial charge is 0.493 e. The molecule has 3 aliphatic heterocycles. The third kappa shape index (κ3) is 6.70. The van der Waals surface area contributed by atoms with Crippen LogP contribution in [0.2, 0.25) is 0 Å². The van der Waals surface area contributed by atoms with Crippen molar-refractivity contribution in [3.63, 3.8) is 0 Å². The van der Waals surface area contributed by atoms with Crippen molar-refractivity contribution in [3.05, 3.63) is 65.4 Å². The van der Waals surface area contributed by atoms with Crippen molar-refractivity contribution in [1.29, 1.82) is 0 Å². The topological polar surface area (TPSA) is 133 Å². The van der Waals surface area contributed by atoms with Gasteiger partial charge >= 0.3 is 0 Å². The van der Waals surface area contributed by atoms with Crippen LogP contribution in [0.4, 0.5) is 0 Å². The van der Waals surface area contributed by atoms with Gasteiger partial charge in [0.2, 0.25) is 17.7 Å². The highest BCUT2D eigenvalue weighted by atomic mass is 16.5. The molecule has 4 N–H and O–H groups in total. The van der Waals surface area contributed by atoms with Crippen LogP contribution in [-0.4, -0.2) is 70.8 Å². The zero-order valence-electron chi connectivity index (χ0n) is 26.2. The summed E-state index contributed by atoms with van der Waals surface area (Å²) < 4.78 is 5.58. The number of carbonyl (C=O) groups is 4. The summed E-state index contributed by atoms with van der Waals surface area (Å²) in [5, 5.41) is 10.3. The highest BCUT2D eigenvalue weighted by Gasteiger charge is 2.43. The maximum Gasteiger partial charge on any atom is 0.251 e. The monoisotopic (exact) mass is 613 g/mol. The van der Waals surface area contributed by atoms with Crippen LogP contribution < -0.4 is 20.7 Å². The van der Waals surface area contributed by atoms with E-state index in [0.717, 1.165) is 47.0 Å². The smallest absolute Gasteiger partial charge is 0.251 e. The zero-order valence-corrected chi connectivity index (χ0v) is 26.2. The van der Waals surface area contributed by atoms with E-state index in [0.29, 0.717) is 18.6 Å². The van der Waals surface area contributed by atoms with Gasteiger partial charge in [0, 0.05) is 60.6 Å². The Kier molecular flexibility index (Phi) is 8.83. The van der Waals surface area contributed by atoms with Gasteiger partial charge in [0.05, 0.1) is 6.61 Å². The van der Waals surface area contributed by atoms with Gasteiger partial charge in [-0.3, -0.25) is 19.2 Å². The molecule has 3 aromatic rings. The maximum absolute atomic E-state index is 14.4. The average Bonchev–Trinajstić information content (AvgIpc) is 3.76. The van der Waals surface area contributed by atoms with Crippen molar-refractivity contribution < 1.29 is 23.9 Å². The minimum atomic E-state index is -0.869.